The average Bonchev–Trinajstić information content (AvgIpc) is 1.96. The van der Waals surface area contributed by atoms with E-state index in [1.165, 1.54) is 0 Å². The Morgan fingerprint density at radius 3 is 2.14 bits per heavy atom. The molecule has 1 atom stereocenters. The van der Waals surface area contributed by atoms with Crippen LogP contribution in [0.4, 0.5) is 4.79 Å². The highest BCUT2D eigenvalue weighted by Crippen LogP contribution is 2.07. The van der Waals surface area contributed by atoms with Crippen molar-refractivity contribution < 1.29 is 14.3 Å². The Balaban J connectivity index is 4.11. The SMILES string of the molecule is CC(C)[C@H]([C]=O)NC(=O)OC(C)(C)C. The third-order valence-corrected chi connectivity index (χ3v) is 1.47. The largest absolute Gasteiger partial charge is 0.444 e. The van der Waals surface area contributed by atoms with Gasteiger partial charge < -0.3 is 10.1 Å². The summed E-state index contributed by atoms with van der Waals surface area (Å²) in [6.45, 7) is 8.95. The van der Waals surface area contributed by atoms with Gasteiger partial charge in [0, 0.05) is 0 Å². The van der Waals surface area contributed by atoms with Crippen molar-refractivity contribution in [1.29, 1.82) is 0 Å². The van der Waals surface area contributed by atoms with Gasteiger partial charge in [0.1, 0.15) is 11.6 Å². The highest BCUT2D eigenvalue weighted by Gasteiger charge is 2.21. The molecule has 0 unspecified atom stereocenters. The molecular weight excluding hydrogens is 182 g/mol. The number of alkyl carbamates (subject to hydrolysis) is 1. The minimum absolute atomic E-state index is 0.0139. The van der Waals surface area contributed by atoms with Crippen LogP contribution in [0.1, 0.15) is 34.6 Å². The van der Waals surface area contributed by atoms with Crippen LogP contribution in [0.25, 0.3) is 0 Å². The summed E-state index contributed by atoms with van der Waals surface area (Å²) in [5.41, 5.74) is -0.547. The number of carbonyl (C=O) groups excluding carboxylic acids is 2. The third-order valence-electron chi connectivity index (χ3n) is 1.47. The van der Waals surface area contributed by atoms with Crippen molar-refractivity contribution in [2.75, 3.05) is 0 Å². The Morgan fingerprint density at radius 2 is 1.86 bits per heavy atom. The molecular formula is C10H18NO3. The van der Waals surface area contributed by atoms with Crippen molar-refractivity contribution in [3.05, 3.63) is 0 Å². The van der Waals surface area contributed by atoms with E-state index in [1.54, 1.807) is 27.1 Å². The fourth-order valence-corrected chi connectivity index (χ4v) is 0.767. The van der Waals surface area contributed by atoms with Gasteiger partial charge in [-0.25, -0.2) is 4.79 Å². The molecule has 1 radical (unpaired) electrons. The number of ether oxygens (including phenoxy) is 1. The first-order valence-electron chi connectivity index (χ1n) is 4.63. The van der Waals surface area contributed by atoms with Gasteiger partial charge in [-0.2, -0.15) is 0 Å². The summed E-state index contributed by atoms with van der Waals surface area (Å²) >= 11 is 0. The summed E-state index contributed by atoms with van der Waals surface area (Å²) in [5.74, 6) is 0.0139. The lowest BCUT2D eigenvalue weighted by molar-refractivity contribution is 0.0507. The van der Waals surface area contributed by atoms with Crippen LogP contribution in [-0.2, 0) is 9.53 Å². The molecule has 0 saturated carbocycles. The highest BCUT2D eigenvalue weighted by molar-refractivity contribution is 5.73. The van der Waals surface area contributed by atoms with E-state index >= 15 is 0 Å². The quantitative estimate of drug-likeness (QED) is 0.753. The van der Waals surface area contributed by atoms with E-state index in [-0.39, 0.29) is 5.92 Å². The molecule has 0 spiro atoms. The summed E-state index contributed by atoms with van der Waals surface area (Å²) in [6.07, 6.45) is 1.17. The van der Waals surface area contributed by atoms with Crippen LogP contribution >= 0.6 is 0 Å². The van der Waals surface area contributed by atoms with E-state index in [9.17, 15) is 9.59 Å². The van der Waals surface area contributed by atoms with Gasteiger partial charge in [0.05, 0.1) is 0 Å². The first kappa shape index (κ1) is 12.9. The van der Waals surface area contributed by atoms with Gasteiger partial charge in [0.2, 0.25) is 6.29 Å². The van der Waals surface area contributed by atoms with Crippen LogP contribution in [0.2, 0.25) is 0 Å². The van der Waals surface area contributed by atoms with Gasteiger partial charge in [0.25, 0.3) is 0 Å². The van der Waals surface area contributed by atoms with Crippen LogP contribution in [0.3, 0.4) is 0 Å². The first-order chi connectivity index (χ1) is 6.26. The zero-order valence-electron chi connectivity index (χ0n) is 9.38. The Hall–Kier alpha value is -1.06. The number of rotatable bonds is 3. The molecule has 4 heteroatoms. The van der Waals surface area contributed by atoms with E-state index in [0.29, 0.717) is 0 Å². The molecule has 0 rings (SSSR count). The molecule has 0 aromatic carbocycles. The molecule has 0 bridgehead atoms. The van der Waals surface area contributed by atoms with Gasteiger partial charge in [-0.05, 0) is 26.7 Å². The van der Waals surface area contributed by atoms with E-state index in [4.69, 9.17) is 4.74 Å². The van der Waals surface area contributed by atoms with Crippen molar-refractivity contribution >= 4 is 12.4 Å². The maximum atomic E-state index is 11.2. The molecule has 0 aliphatic heterocycles. The second-order valence-electron chi connectivity index (χ2n) is 4.49. The second-order valence-corrected chi connectivity index (χ2v) is 4.49. The van der Waals surface area contributed by atoms with Crippen molar-refractivity contribution in [3.63, 3.8) is 0 Å². The predicted molar refractivity (Wildman–Crippen MR) is 53.7 cm³/mol. The molecule has 0 aliphatic rings. The zero-order chi connectivity index (χ0) is 11.4. The van der Waals surface area contributed by atoms with Crippen LogP contribution in [0.5, 0.6) is 0 Å². The fourth-order valence-electron chi connectivity index (χ4n) is 0.767. The second kappa shape index (κ2) is 4.98. The summed E-state index contributed by atoms with van der Waals surface area (Å²) in [7, 11) is 0. The van der Waals surface area contributed by atoms with Crippen molar-refractivity contribution in [2.24, 2.45) is 5.92 Å². The Kier molecular flexibility index (Phi) is 4.60. The zero-order valence-corrected chi connectivity index (χ0v) is 9.38. The number of hydrogen-bond donors (Lipinski definition) is 1. The van der Waals surface area contributed by atoms with E-state index < -0.39 is 17.7 Å². The Bertz CT molecular complexity index is 206. The van der Waals surface area contributed by atoms with Crippen molar-refractivity contribution in [3.8, 4) is 0 Å². The van der Waals surface area contributed by atoms with Crippen LogP contribution in [-0.4, -0.2) is 24.0 Å². The average molecular weight is 200 g/mol. The molecule has 0 heterocycles. The monoisotopic (exact) mass is 200 g/mol. The predicted octanol–water partition coefficient (Wildman–Crippen LogP) is 1.65. The summed E-state index contributed by atoms with van der Waals surface area (Å²) in [6, 6.07) is -0.607. The topological polar surface area (TPSA) is 55.4 Å². The molecule has 81 valence electrons. The molecule has 14 heavy (non-hydrogen) atoms. The van der Waals surface area contributed by atoms with Crippen LogP contribution < -0.4 is 5.32 Å². The standard InChI is InChI=1S/C10H18NO3/c1-7(2)8(6-12)11-9(13)14-10(3,4)5/h7-8H,1-5H3,(H,11,13)/t8-/m0/s1. The number of hydrogen-bond acceptors (Lipinski definition) is 3. The van der Waals surface area contributed by atoms with Gasteiger partial charge >= 0.3 is 6.09 Å². The molecule has 0 fully saturated rings. The Morgan fingerprint density at radius 1 is 1.36 bits per heavy atom. The molecule has 1 amide bonds. The fraction of sp³-hybridized carbons (Fsp3) is 0.800. The molecule has 4 nitrogen and oxygen atoms in total. The van der Waals surface area contributed by atoms with Gasteiger partial charge in [0.15, 0.2) is 0 Å². The number of carbonyl (C=O) groups is 1. The van der Waals surface area contributed by atoms with Crippen LogP contribution in [0, 0.1) is 5.92 Å². The van der Waals surface area contributed by atoms with Crippen molar-refractivity contribution in [2.45, 2.75) is 46.3 Å². The lowest BCUT2D eigenvalue weighted by atomic mass is 10.1. The molecule has 0 saturated heterocycles. The first-order valence-corrected chi connectivity index (χ1v) is 4.63. The Labute approximate surface area is 85.0 Å². The summed E-state index contributed by atoms with van der Waals surface area (Å²) in [4.78, 5) is 21.7. The normalized spacial score (nSPS) is 13.6. The smallest absolute Gasteiger partial charge is 0.408 e. The molecule has 1 N–H and O–H groups in total. The minimum atomic E-state index is -0.607. The van der Waals surface area contributed by atoms with Gasteiger partial charge in [-0.3, -0.25) is 4.79 Å². The third kappa shape index (κ3) is 5.56. The highest BCUT2D eigenvalue weighted by atomic mass is 16.6. The van der Waals surface area contributed by atoms with Gasteiger partial charge in [-0.15, -0.1) is 0 Å². The van der Waals surface area contributed by atoms with E-state index in [0.717, 1.165) is 0 Å². The summed E-state index contributed by atoms with van der Waals surface area (Å²) < 4.78 is 4.99. The molecule has 0 aromatic heterocycles. The maximum absolute atomic E-state index is 11.2. The van der Waals surface area contributed by atoms with E-state index in [2.05, 4.69) is 5.32 Å². The lowest BCUT2D eigenvalue weighted by Crippen LogP contribution is -2.42. The molecule has 0 aromatic rings. The molecule has 0 aliphatic carbocycles. The number of nitrogens with one attached hydrogen (secondary N) is 1. The lowest BCUT2D eigenvalue weighted by Gasteiger charge is -2.22. The summed E-state index contributed by atoms with van der Waals surface area (Å²) in [5, 5.41) is 2.44. The maximum Gasteiger partial charge on any atom is 0.408 e. The number of amides is 1. The van der Waals surface area contributed by atoms with E-state index in [1.807, 2.05) is 13.8 Å². The van der Waals surface area contributed by atoms with Crippen LogP contribution in [0.15, 0.2) is 0 Å². The minimum Gasteiger partial charge on any atom is -0.444 e. The van der Waals surface area contributed by atoms with Gasteiger partial charge in [-0.1, -0.05) is 13.8 Å². The van der Waals surface area contributed by atoms with Crippen molar-refractivity contribution in [1.82, 2.24) is 5.32 Å².